The molecule has 3 aromatic rings. The van der Waals surface area contributed by atoms with Crippen LogP contribution in [0.15, 0.2) is 48.9 Å². The van der Waals surface area contributed by atoms with Gasteiger partial charge < -0.3 is 15.2 Å². The molecule has 3 heterocycles. The molecule has 1 saturated heterocycles. The van der Waals surface area contributed by atoms with Crippen molar-refractivity contribution < 1.29 is 4.79 Å². The molecule has 0 bridgehead atoms. The highest BCUT2D eigenvalue weighted by Crippen LogP contribution is 2.24. The van der Waals surface area contributed by atoms with Crippen molar-refractivity contribution in [1.29, 1.82) is 0 Å². The third-order valence-electron chi connectivity index (χ3n) is 5.22. The lowest BCUT2D eigenvalue weighted by Crippen LogP contribution is -2.43. The van der Waals surface area contributed by atoms with Gasteiger partial charge in [0.25, 0.3) is 0 Å². The Morgan fingerprint density at radius 3 is 2.88 bits per heavy atom. The molecule has 0 unspecified atom stereocenters. The van der Waals surface area contributed by atoms with E-state index in [1.54, 1.807) is 6.20 Å². The van der Waals surface area contributed by atoms with Crippen LogP contribution in [0.25, 0.3) is 10.9 Å². The van der Waals surface area contributed by atoms with E-state index in [0.29, 0.717) is 12.5 Å². The van der Waals surface area contributed by atoms with Crippen molar-refractivity contribution in [3.63, 3.8) is 0 Å². The Bertz CT molecular complexity index is 895. The number of hydrogen-bond donors (Lipinski definition) is 2. The molecule has 0 atom stereocenters. The van der Waals surface area contributed by atoms with Crippen molar-refractivity contribution in [2.75, 3.05) is 18.4 Å². The number of aryl methyl sites for hydroxylation is 1. The fraction of sp³-hybridized carbons (Fsp3) is 0.333. The van der Waals surface area contributed by atoms with Gasteiger partial charge in [-0.3, -0.25) is 9.78 Å². The van der Waals surface area contributed by atoms with Crippen molar-refractivity contribution in [2.45, 2.75) is 32.2 Å². The van der Waals surface area contributed by atoms with Gasteiger partial charge in [0.05, 0.1) is 12.1 Å². The number of fused-ring (bicyclic) bond motifs is 1. The fourth-order valence-electron chi connectivity index (χ4n) is 3.82. The minimum atomic E-state index is 0.217. The monoisotopic (exact) mass is 348 g/mol. The molecule has 1 fully saturated rings. The molecule has 0 aliphatic carbocycles. The zero-order valence-corrected chi connectivity index (χ0v) is 15.0. The predicted octanol–water partition coefficient (Wildman–Crippen LogP) is 3.52. The Morgan fingerprint density at radius 2 is 2.12 bits per heavy atom. The second-order valence-corrected chi connectivity index (χ2v) is 7.03. The first-order valence-corrected chi connectivity index (χ1v) is 9.20. The number of anilines is 1. The summed E-state index contributed by atoms with van der Waals surface area (Å²) in [5, 5.41) is 4.70. The SMILES string of the molecule is Cc1cccc2[nH]cc(CC(=O)N3CCC(Nc4cccnc4)CC3)c12. The molecule has 1 aromatic carbocycles. The maximum Gasteiger partial charge on any atom is 0.227 e. The average Bonchev–Trinajstić information content (AvgIpc) is 3.07. The number of hydrogen-bond acceptors (Lipinski definition) is 3. The Kier molecular flexibility index (Phi) is 4.61. The number of carbonyl (C=O) groups is 1. The van der Waals surface area contributed by atoms with Gasteiger partial charge in [-0.15, -0.1) is 0 Å². The Balaban J connectivity index is 1.36. The lowest BCUT2D eigenvalue weighted by atomic mass is 10.0. The number of benzene rings is 1. The molecular weight excluding hydrogens is 324 g/mol. The number of amides is 1. The second-order valence-electron chi connectivity index (χ2n) is 7.03. The van der Waals surface area contributed by atoms with E-state index in [2.05, 4.69) is 34.3 Å². The first-order chi connectivity index (χ1) is 12.7. The molecule has 134 valence electrons. The van der Waals surface area contributed by atoms with Crippen molar-refractivity contribution in [3.8, 4) is 0 Å². The summed E-state index contributed by atoms with van der Waals surface area (Å²) in [6, 6.07) is 10.6. The highest BCUT2D eigenvalue weighted by molar-refractivity contribution is 5.91. The summed E-state index contributed by atoms with van der Waals surface area (Å²) in [6.07, 6.45) is 7.99. The molecule has 1 aliphatic rings. The second kappa shape index (κ2) is 7.20. The third-order valence-corrected chi connectivity index (χ3v) is 5.22. The summed E-state index contributed by atoms with van der Waals surface area (Å²) in [5.41, 5.74) is 4.46. The fourth-order valence-corrected chi connectivity index (χ4v) is 3.82. The van der Waals surface area contributed by atoms with E-state index in [-0.39, 0.29) is 5.91 Å². The standard InChI is InChI=1S/C21H24N4O/c1-15-4-2-6-19-21(15)16(13-23-19)12-20(26)25-10-7-17(8-11-25)24-18-5-3-9-22-14-18/h2-6,9,13-14,17,23-24H,7-8,10-12H2,1H3. The van der Waals surface area contributed by atoms with Gasteiger partial charge in [0, 0.05) is 48.6 Å². The largest absolute Gasteiger partial charge is 0.381 e. The molecule has 1 aliphatic heterocycles. The van der Waals surface area contributed by atoms with Crippen LogP contribution in [-0.2, 0) is 11.2 Å². The molecule has 26 heavy (non-hydrogen) atoms. The van der Waals surface area contributed by atoms with Gasteiger partial charge in [-0.05, 0) is 49.1 Å². The number of rotatable bonds is 4. The van der Waals surface area contributed by atoms with Crippen LogP contribution in [0, 0.1) is 6.92 Å². The average molecular weight is 348 g/mol. The van der Waals surface area contributed by atoms with Crippen molar-refractivity contribution in [3.05, 3.63) is 60.0 Å². The van der Waals surface area contributed by atoms with E-state index in [9.17, 15) is 4.79 Å². The normalized spacial score (nSPS) is 15.3. The number of carbonyl (C=O) groups excluding carboxylic acids is 1. The van der Waals surface area contributed by atoms with Gasteiger partial charge in [-0.1, -0.05) is 12.1 Å². The predicted molar refractivity (Wildman–Crippen MR) is 104 cm³/mol. The van der Waals surface area contributed by atoms with Crippen LogP contribution in [0.3, 0.4) is 0 Å². The number of H-pyrrole nitrogens is 1. The highest BCUT2D eigenvalue weighted by Gasteiger charge is 2.23. The number of aromatic amines is 1. The van der Waals surface area contributed by atoms with E-state index in [4.69, 9.17) is 0 Å². The number of pyridine rings is 1. The van der Waals surface area contributed by atoms with Gasteiger partial charge in [0.2, 0.25) is 5.91 Å². The zero-order valence-electron chi connectivity index (χ0n) is 15.0. The molecule has 0 spiro atoms. The first kappa shape index (κ1) is 16.6. The van der Waals surface area contributed by atoms with E-state index in [1.165, 1.54) is 10.9 Å². The number of nitrogens with zero attached hydrogens (tertiary/aromatic N) is 2. The molecule has 4 rings (SSSR count). The highest BCUT2D eigenvalue weighted by atomic mass is 16.2. The summed E-state index contributed by atoms with van der Waals surface area (Å²) < 4.78 is 0. The van der Waals surface area contributed by atoms with Crippen LogP contribution in [0.4, 0.5) is 5.69 Å². The molecule has 5 heteroatoms. The van der Waals surface area contributed by atoms with Gasteiger partial charge in [0.1, 0.15) is 0 Å². The zero-order chi connectivity index (χ0) is 17.9. The van der Waals surface area contributed by atoms with Gasteiger partial charge in [0.15, 0.2) is 0 Å². The van der Waals surface area contributed by atoms with Gasteiger partial charge >= 0.3 is 0 Å². The Labute approximate surface area is 153 Å². The van der Waals surface area contributed by atoms with Crippen LogP contribution >= 0.6 is 0 Å². The molecule has 0 radical (unpaired) electrons. The number of piperidine rings is 1. The minimum absolute atomic E-state index is 0.217. The minimum Gasteiger partial charge on any atom is -0.381 e. The molecule has 2 N–H and O–H groups in total. The quantitative estimate of drug-likeness (QED) is 0.758. The Morgan fingerprint density at radius 1 is 1.27 bits per heavy atom. The molecule has 2 aromatic heterocycles. The molecule has 0 saturated carbocycles. The summed E-state index contributed by atoms with van der Waals surface area (Å²) in [4.78, 5) is 22.2. The van der Waals surface area contributed by atoms with E-state index in [0.717, 1.165) is 42.7 Å². The van der Waals surface area contributed by atoms with Crippen LogP contribution in [0.1, 0.15) is 24.0 Å². The molecule has 5 nitrogen and oxygen atoms in total. The number of nitrogens with one attached hydrogen (secondary N) is 2. The summed E-state index contributed by atoms with van der Waals surface area (Å²) in [7, 11) is 0. The summed E-state index contributed by atoms with van der Waals surface area (Å²) in [6.45, 7) is 3.70. The Hall–Kier alpha value is -2.82. The number of likely N-dealkylation sites (tertiary alicyclic amines) is 1. The summed E-state index contributed by atoms with van der Waals surface area (Å²) >= 11 is 0. The van der Waals surface area contributed by atoms with Crippen molar-refractivity contribution >= 4 is 22.5 Å². The molecular formula is C21H24N4O. The summed E-state index contributed by atoms with van der Waals surface area (Å²) in [5.74, 6) is 0.217. The molecule has 1 amide bonds. The van der Waals surface area contributed by atoms with Crippen LogP contribution in [0.2, 0.25) is 0 Å². The van der Waals surface area contributed by atoms with Crippen molar-refractivity contribution in [2.24, 2.45) is 0 Å². The van der Waals surface area contributed by atoms with E-state index in [1.807, 2.05) is 35.5 Å². The van der Waals surface area contributed by atoms with Gasteiger partial charge in [-0.25, -0.2) is 0 Å². The van der Waals surface area contributed by atoms with Crippen LogP contribution in [0.5, 0.6) is 0 Å². The maximum atomic E-state index is 12.8. The van der Waals surface area contributed by atoms with Crippen molar-refractivity contribution in [1.82, 2.24) is 14.9 Å². The van der Waals surface area contributed by atoms with E-state index >= 15 is 0 Å². The number of aromatic nitrogens is 2. The smallest absolute Gasteiger partial charge is 0.227 e. The van der Waals surface area contributed by atoms with E-state index < -0.39 is 0 Å². The van der Waals surface area contributed by atoms with Gasteiger partial charge in [-0.2, -0.15) is 0 Å². The first-order valence-electron chi connectivity index (χ1n) is 9.20. The lowest BCUT2D eigenvalue weighted by Gasteiger charge is -2.33. The lowest BCUT2D eigenvalue weighted by molar-refractivity contribution is -0.131. The maximum absolute atomic E-state index is 12.8. The third kappa shape index (κ3) is 3.43. The van der Waals surface area contributed by atoms with Crippen LogP contribution < -0.4 is 5.32 Å². The van der Waals surface area contributed by atoms with Crippen LogP contribution in [-0.4, -0.2) is 39.9 Å². The topological polar surface area (TPSA) is 61.0 Å².